The number of carbonyl (C=O) groups is 1. The third-order valence-corrected chi connectivity index (χ3v) is 5.75. The molecule has 35 heavy (non-hydrogen) atoms. The van der Waals surface area contributed by atoms with E-state index in [1.807, 2.05) is 62.4 Å². The second-order valence-electron chi connectivity index (χ2n) is 7.99. The maximum Gasteiger partial charge on any atom is 0.323 e. The first-order valence-corrected chi connectivity index (χ1v) is 12.1. The molecule has 1 rings (SSSR count). The predicted molar refractivity (Wildman–Crippen MR) is 145 cm³/mol. The predicted octanol–water partition coefficient (Wildman–Crippen LogP) is 5.52. The molecule has 1 aromatic rings. The number of halogens is 1. The first-order chi connectivity index (χ1) is 16.7. The molecular formula is C29H38ClNO4. The molecule has 1 aromatic carbocycles. The number of carbonyl (C=O) groups excluding carboxylic acids is 1. The van der Waals surface area contributed by atoms with Crippen LogP contribution in [0.5, 0.6) is 0 Å². The molecule has 0 fully saturated rings. The van der Waals surface area contributed by atoms with Gasteiger partial charge in [0.15, 0.2) is 6.29 Å². The molecule has 0 heterocycles. The van der Waals surface area contributed by atoms with Crippen molar-refractivity contribution in [3.8, 4) is 0 Å². The molecule has 2 atom stereocenters. The molecule has 0 spiro atoms. The fourth-order valence-electron chi connectivity index (χ4n) is 3.34. The van der Waals surface area contributed by atoms with Gasteiger partial charge in [-0.3, -0.25) is 10.1 Å². The van der Waals surface area contributed by atoms with Gasteiger partial charge >= 0.3 is 5.97 Å². The monoisotopic (exact) mass is 499 g/mol. The highest BCUT2D eigenvalue weighted by molar-refractivity contribution is 6.31. The van der Waals surface area contributed by atoms with Crippen molar-refractivity contribution in [1.82, 2.24) is 5.32 Å². The average molecular weight is 500 g/mol. The molecule has 6 heteroatoms. The van der Waals surface area contributed by atoms with E-state index in [2.05, 4.69) is 18.5 Å². The van der Waals surface area contributed by atoms with Gasteiger partial charge in [-0.15, -0.1) is 0 Å². The van der Waals surface area contributed by atoms with Crippen LogP contribution in [0.1, 0.15) is 39.2 Å². The molecule has 0 saturated carbocycles. The van der Waals surface area contributed by atoms with E-state index in [9.17, 15) is 15.0 Å². The number of hydrogen-bond acceptors (Lipinski definition) is 5. The van der Waals surface area contributed by atoms with Crippen LogP contribution >= 0.6 is 11.6 Å². The van der Waals surface area contributed by atoms with Crippen LogP contribution in [0.4, 0.5) is 0 Å². The van der Waals surface area contributed by atoms with Crippen molar-refractivity contribution in [2.75, 3.05) is 6.61 Å². The highest BCUT2D eigenvalue weighted by Crippen LogP contribution is 2.18. The fourth-order valence-corrected chi connectivity index (χ4v) is 3.46. The van der Waals surface area contributed by atoms with Gasteiger partial charge in [-0.2, -0.15) is 0 Å². The van der Waals surface area contributed by atoms with Crippen molar-refractivity contribution >= 4 is 17.6 Å². The summed E-state index contributed by atoms with van der Waals surface area (Å²) in [5.41, 5.74) is 3.65. The van der Waals surface area contributed by atoms with E-state index in [1.54, 1.807) is 25.2 Å². The van der Waals surface area contributed by atoms with Gasteiger partial charge in [-0.25, -0.2) is 0 Å². The lowest BCUT2D eigenvalue weighted by molar-refractivity contribution is -0.147. The van der Waals surface area contributed by atoms with Crippen molar-refractivity contribution < 1.29 is 19.7 Å². The Morgan fingerprint density at radius 2 is 1.86 bits per heavy atom. The number of allylic oxidation sites excluding steroid dienone is 9. The van der Waals surface area contributed by atoms with Gasteiger partial charge in [-0.05, 0) is 68.4 Å². The Balaban J connectivity index is 3.06. The zero-order valence-corrected chi connectivity index (χ0v) is 21.7. The number of ether oxygens (including phenoxy) is 1. The van der Waals surface area contributed by atoms with E-state index >= 15 is 0 Å². The summed E-state index contributed by atoms with van der Waals surface area (Å²) in [6.45, 7) is 13.5. The van der Waals surface area contributed by atoms with Crippen LogP contribution in [0.2, 0.25) is 0 Å². The Bertz CT molecular complexity index is 945. The number of rotatable bonds is 15. The second kappa shape index (κ2) is 16.8. The lowest BCUT2D eigenvalue weighted by Gasteiger charge is -2.26. The SMILES string of the molecule is C=C\C(=C/C=C(C)/C(C=C)=C/C(Cl)=C\C)C[C@H](N[C@@H](CCc1ccccc1)C(=O)OCC)C(O)O. The molecule has 0 bridgehead atoms. The average Bonchev–Trinajstić information content (AvgIpc) is 2.86. The summed E-state index contributed by atoms with van der Waals surface area (Å²) in [6.07, 6.45) is 10.4. The Morgan fingerprint density at radius 1 is 1.17 bits per heavy atom. The zero-order chi connectivity index (χ0) is 26.2. The van der Waals surface area contributed by atoms with Crippen molar-refractivity contribution in [2.24, 2.45) is 0 Å². The summed E-state index contributed by atoms with van der Waals surface area (Å²) in [5.74, 6) is -0.421. The lowest BCUT2D eigenvalue weighted by Crippen LogP contribution is -2.49. The van der Waals surface area contributed by atoms with Crippen molar-refractivity contribution in [3.05, 3.63) is 107 Å². The summed E-state index contributed by atoms with van der Waals surface area (Å²) in [4.78, 5) is 12.6. The number of aryl methyl sites for hydroxylation is 1. The molecule has 190 valence electrons. The Kier molecular flexibility index (Phi) is 14.6. The molecule has 5 nitrogen and oxygen atoms in total. The lowest BCUT2D eigenvalue weighted by atomic mass is 10.00. The minimum atomic E-state index is -1.69. The standard InChI is InChI=1S/C29H38ClNO4/c1-6-22(16-15-21(5)24(7-2)20-25(30)8-3)19-27(28(32)33)31-26(29(34)35-9-4)18-17-23-13-11-10-12-14-23/h6-8,10-16,20,26-28,31-33H,1-2,9,17-19H2,3-5H3/b21-15+,22-16+,24-20+,25-8+/t26-,27-/m0/s1. The molecule has 3 N–H and O–H groups in total. The van der Waals surface area contributed by atoms with E-state index < -0.39 is 24.3 Å². The maximum absolute atomic E-state index is 12.6. The maximum atomic E-state index is 12.6. The van der Waals surface area contributed by atoms with Crippen LogP contribution in [0.3, 0.4) is 0 Å². The second-order valence-corrected chi connectivity index (χ2v) is 8.43. The van der Waals surface area contributed by atoms with Crippen molar-refractivity contribution in [1.29, 1.82) is 0 Å². The van der Waals surface area contributed by atoms with Gasteiger partial charge in [0.1, 0.15) is 6.04 Å². The molecule has 0 aliphatic heterocycles. The molecule has 0 saturated heterocycles. The first kappa shape index (κ1) is 30.3. The van der Waals surface area contributed by atoms with Gasteiger partial charge < -0.3 is 14.9 Å². The summed E-state index contributed by atoms with van der Waals surface area (Å²) in [6, 6.07) is 8.31. The third kappa shape index (κ3) is 11.5. The van der Waals surface area contributed by atoms with E-state index in [-0.39, 0.29) is 13.0 Å². The van der Waals surface area contributed by atoms with Crippen LogP contribution in [0.15, 0.2) is 102 Å². The van der Waals surface area contributed by atoms with Gasteiger partial charge in [0.25, 0.3) is 0 Å². The molecule has 0 amide bonds. The van der Waals surface area contributed by atoms with Crippen molar-refractivity contribution in [2.45, 2.75) is 58.4 Å². The Labute approximate surface area is 214 Å². The van der Waals surface area contributed by atoms with E-state index in [1.165, 1.54) is 0 Å². The number of aliphatic hydroxyl groups excluding tert-OH is 1. The smallest absolute Gasteiger partial charge is 0.323 e. The van der Waals surface area contributed by atoms with Gasteiger partial charge in [0.05, 0.1) is 12.6 Å². The molecule has 0 aromatic heterocycles. The minimum absolute atomic E-state index is 0.243. The van der Waals surface area contributed by atoms with Crippen LogP contribution in [0.25, 0.3) is 0 Å². The number of benzene rings is 1. The summed E-state index contributed by atoms with van der Waals surface area (Å²) >= 11 is 6.11. The van der Waals surface area contributed by atoms with Crippen LogP contribution in [-0.2, 0) is 16.0 Å². The summed E-state index contributed by atoms with van der Waals surface area (Å²) < 4.78 is 5.22. The molecule has 0 aliphatic carbocycles. The van der Waals surface area contributed by atoms with Crippen LogP contribution < -0.4 is 5.32 Å². The number of nitrogens with one attached hydrogen (secondary N) is 1. The fraction of sp³-hybridized carbons (Fsp3) is 0.345. The summed E-state index contributed by atoms with van der Waals surface area (Å²) in [7, 11) is 0. The van der Waals surface area contributed by atoms with Crippen LogP contribution in [-0.4, -0.2) is 41.2 Å². The van der Waals surface area contributed by atoms with Gasteiger partial charge in [0.2, 0.25) is 0 Å². The van der Waals surface area contributed by atoms with E-state index in [0.717, 1.165) is 22.3 Å². The van der Waals surface area contributed by atoms with Crippen LogP contribution in [0, 0.1) is 0 Å². The van der Waals surface area contributed by atoms with E-state index in [4.69, 9.17) is 16.3 Å². The Hall–Kier alpha value is -2.70. The first-order valence-electron chi connectivity index (χ1n) is 11.7. The number of esters is 1. The highest BCUT2D eigenvalue weighted by atomic mass is 35.5. The number of hydrogen-bond donors (Lipinski definition) is 3. The van der Waals surface area contributed by atoms with E-state index in [0.29, 0.717) is 17.9 Å². The largest absolute Gasteiger partial charge is 0.465 e. The Morgan fingerprint density at radius 3 is 2.40 bits per heavy atom. The molecule has 0 unspecified atom stereocenters. The van der Waals surface area contributed by atoms with Crippen molar-refractivity contribution in [3.63, 3.8) is 0 Å². The third-order valence-electron chi connectivity index (χ3n) is 5.42. The summed E-state index contributed by atoms with van der Waals surface area (Å²) in [5, 5.41) is 23.8. The topological polar surface area (TPSA) is 78.8 Å². The van der Waals surface area contributed by atoms with Gasteiger partial charge in [-0.1, -0.05) is 85.5 Å². The van der Waals surface area contributed by atoms with Gasteiger partial charge in [0, 0.05) is 5.03 Å². The molecular weight excluding hydrogens is 462 g/mol. The normalized spacial score (nSPS) is 15.1. The minimum Gasteiger partial charge on any atom is -0.465 e. The number of aliphatic hydroxyl groups is 2. The highest BCUT2D eigenvalue weighted by Gasteiger charge is 2.27. The molecule has 0 radical (unpaired) electrons. The zero-order valence-electron chi connectivity index (χ0n) is 20.9. The quantitative estimate of drug-likeness (QED) is 0.168. The molecule has 0 aliphatic rings.